The van der Waals surface area contributed by atoms with Crippen molar-refractivity contribution in [1.82, 2.24) is 19.7 Å². The molecule has 0 aliphatic heterocycles. The van der Waals surface area contributed by atoms with Gasteiger partial charge in [0, 0.05) is 18.6 Å². The molecule has 0 unspecified atom stereocenters. The minimum Gasteiger partial charge on any atom is -0.337 e. The number of aryl methyl sites for hydroxylation is 1. The zero-order valence-corrected chi connectivity index (χ0v) is 10.3. The Labute approximate surface area is 109 Å². The second-order valence-electron chi connectivity index (χ2n) is 4.08. The molecule has 0 atom stereocenters. The number of hydrogen-bond acceptors (Lipinski definition) is 6. The lowest BCUT2D eigenvalue weighted by Crippen LogP contribution is -2.11. The molecule has 2 aromatic heterocycles. The molecule has 0 bridgehead atoms. The van der Waals surface area contributed by atoms with Gasteiger partial charge in [0.1, 0.15) is 5.82 Å². The van der Waals surface area contributed by atoms with E-state index in [1.165, 1.54) is 0 Å². The summed E-state index contributed by atoms with van der Waals surface area (Å²) in [5.74, 6) is 6.44. The van der Waals surface area contributed by atoms with Crippen molar-refractivity contribution in [3.05, 3.63) is 36.7 Å². The van der Waals surface area contributed by atoms with Crippen LogP contribution in [0.15, 0.2) is 36.7 Å². The van der Waals surface area contributed by atoms with Crippen molar-refractivity contribution in [1.29, 1.82) is 0 Å². The summed E-state index contributed by atoms with van der Waals surface area (Å²) >= 11 is 0. The fourth-order valence-electron chi connectivity index (χ4n) is 1.86. The Morgan fingerprint density at radius 1 is 1.21 bits per heavy atom. The average Bonchev–Trinajstić information content (AvgIpc) is 2.84. The second-order valence-corrected chi connectivity index (χ2v) is 4.08. The SMILES string of the molecule is Cn1cc(Nc2nc(NN)nc3ccccc23)cn1. The maximum Gasteiger partial charge on any atom is 0.239 e. The number of nitrogens with two attached hydrogens (primary N) is 1. The van der Waals surface area contributed by atoms with E-state index in [2.05, 4.69) is 25.8 Å². The quantitative estimate of drug-likeness (QED) is 0.483. The number of fused-ring (bicyclic) bond motifs is 1. The second kappa shape index (κ2) is 4.54. The lowest BCUT2D eigenvalue weighted by Gasteiger charge is -2.08. The molecule has 3 rings (SSSR count). The van der Waals surface area contributed by atoms with Crippen LogP contribution < -0.4 is 16.6 Å². The van der Waals surface area contributed by atoms with E-state index in [1.54, 1.807) is 10.9 Å². The minimum atomic E-state index is 0.366. The van der Waals surface area contributed by atoms with Crippen molar-refractivity contribution in [2.24, 2.45) is 12.9 Å². The molecule has 1 aromatic carbocycles. The summed E-state index contributed by atoms with van der Waals surface area (Å²) in [6, 6.07) is 7.72. The molecule has 3 aromatic rings. The molecule has 19 heavy (non-hydrogen) atoms. The van der Waals surface area contributed by atoms with Crippen molar-refractivity contribution < 1.29 is 0 Å². The van der Waals surface area contributed by atoms with Gasteiger partial charge < -0.3 is 5.32 Å². The highest BCUT2D eigenvalue weighted by molar-refractivity contribution is 5.91. The van der Waals surface area contributed by atoms with Crippen LogP contribution in [-0.2, 0) is 7.05 Å². The van der Waals surface area contributed by atoms with Crippen molar-refractivity contribution in [3.8, 4) is 0 Å². The largest absolute Gasteiger partial charge is 0.337 e. The fraction of sp³-hybridized carbons (Fsp3) is 0.0833. The third-order valence-corrected chi connectivity index (χ3v) is 2.70. The summed E-state index contributed by atoms with van der Waals surface area (Å²) in [7, 11) is 1.86. The molecule has 0 saturated heterocycles. The number of benzene rings is 1. The maximum atomic E-state index is 5.39. The molecule has 4 N–H and O–H groups in total. The highest BCUT2D eigenvalue weighted by atomic mass is 15.3. The van der Waals surface area contributed by atoms with E-state index in [0.717, 1.165) is 16.6 Å². The number of aromatic nitrogens is 4. The number of para-hydroxylation sites is 1. The van der Waals surface area contributed by atoms with Crippen LogP contribution in [0.3, 0.4) is 0 Å². The first-order valence-corrected chi connectivity index (χ1v) is 5.75. The van der Waals surface area contributed by atoms with Gasteiger partial charge in [-0.2, -0.15) is 10.1 Å². The number of rotatable bonds is 3. The molecule has 2 heterocycles. The van der Waals surface area contributed by atoms with E-state index in [-0.39, 0.29) is 0 Å². The number of hydrazine groups is 1. The van der Waals surface area contributed by atoms with Crippen molar-refractivity contribution in [2.75, 3.05) is 10.7 Å². The lowest BCUT2D eigenvalue weighted by atomic mass is 10.2. The van der Waals surface area contributed by atoms with E-state index < -0.39 is 0 Å². The van der Waals surface area contributed by atoms with Gasteiger partial charge >= 0.3 is 0 Å². The maximum absolute atomic E-state index is 5.39. The predicted molar refractivity (Wildman–Crippen MR) is 73.8 cm³/mol. The highest BCUT2D eigenvalue weighted by Crippen LogP contribution is 2.24. The summed E-state index contributed by atoms with van der Waals surface area (Å²) < 4.78 is 1.72. The molecular weight excluding hydrogens is 242 g/mol. The topological polar surface area (TPSA) is 93.7 Å². The molecular formula is C12H13N7. The smallest absolute Gasteiger partial charge is 0.239 e. The predicted octanol–water partition coefficient (Wildman–Crippen LogP) is 1.39. The van der Waals surface area contributed by atoms with Crippen molar-refractivity contribution >= 4 is 28.4 Å². The number of anilines is 3. The van der Waals surface area contributed by atoms with Gasteiger partial charge in [-0.15, -0.1) is 0 Å². The Hall–Kier alpha value is -2.67. The summed E-state index contributed by atoms with van der Waals surface area (Å²) in [5.41, 5.74) is 4.14. The zero-order valence-electron chi connectivity index (χ0n) is 10.3. The van der Waals surface area contributed by atoms with Gasteiger partial charge in [0.15, 0.2) is 0 Å². The minimum absolute atomic E-state index is 0.366. The summed E-state index contributed by atoms with van der Waals surface area (Å²) in [6.45, 7) is 0. The van der Waals surface area contributed by atoms with E-state index in [1.807, 2.05) is 37.5 Å². The first kappa shape index (κ1) is 11.4. The molecule has 7 nitrogen and oxygen atoms in total. The van der Waals surface area contributed by atoms with Gasteiger partial charge in [-0.3, -0.25) is 10.1 Å². The normalized spacial score (nSPS) is 10.6. The molecule has 0 aliphatic carbocycles. The molecule has 0 saturated carbocycles. The average molecular weight is 255 g/mol. The Balaban J connectivity index is 2.10. The first-order valence-electron chi connectivity index (χ1n) is 5.75. The van der Waals surface area contributed by atoms with Crippen LogP contribution in [-0.4, -0.2) is 19.7 Å². The fourth-order valence-corrected chi connectivity index (χ4v) is 1.86. The molecule has 0 radical (unpaired) electrons. The third kappa shape index (κ3) is 2.18. The number of hydrogen-bond donors (Lipinski definition) is 3. The Kier molecular flexibility index (Phi) is 2.73. The Morgan fingerprint density at radius 3 is 2.79 bits per heavy atom. The van der Waals surface area contributed by atoms with Crippen LogP contribution in [0.1, 0.15) is 0 Å². The van der Waals surface area contributed by atoms with Crippen molar-refractivity contribution in [2.45, 2.75) is 0 Å². The lowest BCUT2D eigenvalue weighted by molar-refractivity contribution is 0.768. The molecule has 96 valence electrons. The first-order chi connectivity index (χ1) is 9.26. The third-order valence-electron chi connectivity index (χ3n) is 2.70. The van der Waals surface area contributed by atoms with E-state index in [4.69, 9.17) is 5.84 Å². The van der Waals surface area contributed by atoms with Gasteiger partial charge in [-0.25, -0.2) is 10.8 Å². The summed E-state index contributed by atoms with van der Waals surface area (Å²) in [6.07, 6.45) is 3.60. The van der Waals surface area contributed by atoms with Gasteiger partial charge in [0.05, 0.1) is 17.4 Å². The Morgan fingerprint density at radius 2 is 2.05 bits per heavy atom. The van der Waals surface area contributed by atoms with Gasteiger partial charge in [0.25, 0.3) is 0 Å². The summed E-state index contributed by atoms with van der Waals surface area (Å²) in [5, 5.41) is 8.24. The number of nitrogens with one attached hydrogen (secondary N) is 2. The van der Waals surface area contributed by atoms with E-state index >= 15 is 0 Å². The van der Waals surface area contributed by atoms with Crippen LogP contribution in [0.2, 0.25) is 0 Å². The highest BCUT2D eigenvalue weighted by Gasteiger charge is 2.07. The summed E-state index contributed by atoms with van der Waals surface area (Å²) in [4.78, 5) is 8.62. The van der Waals surface area contributed by atoms with E-state index in [0.29, 0.717) is 11.8 Å². The van der Waals surface area contributed by atoms with Gasteiger partial charge in [-0.1, -0.05) is 12.1 Å². The molecule has 0 aliphatic rings. The monoisotopic (exact) mass is 255 g/mol. The van der Waals surface area contributed by atoms with Crippen LogP contribution in [0.25, 0.3) is 10.9 Å². The van der Waals surface area contributed by atoms with Gasteiger partial charge in [-0.05, 0) is 12.1 Å². The zero-order chi connectivity index (χ0) is 13.2. The standard InChI is InChI=1S/C12H13N7/c1-19-7-8(6-14-19)15-11-9-4-2-3-5-10(9)16-12(17-11)18-13/h2-7H,13H2,1H3,(H2,15,16,17,18). The van der Waals surface area contributed by atoms with Crippen LogP contribution in [0.4, 0.5) is 17.5 Å². The molecule has 0 fully saturated rings. The number of nitrogens with zero attached hydrogens (tertiary/aromatic N) is 4. The molecule has 0 spiro atoms. The van der Waals surface area contributed by atoms with Gasteiger partial charge in [0.2, 0.25) is 5.95 Å². The molecule has 7 heteroatoms. The van der Waals surface area contributed by atoms with Crippen LogP contribution in [0, 0.1) is 0 Å². The number of nitrogen functional groups attached to an aromatic ring is 1. The van der Waals surface area contributed by atoms with Crippen LogP contribution in [0.5, 0.6) is 0 Å². The van der Waals surface area contributed by atoms with Crippen LogP contribution >= 0.6 is 0 Å². The Bertz CT molecular complexity index is 719. The van der Waals surface area contributed by atoms with Crippen molar-refractivity contribution in [3.63, 3.8) is 0 Å². The van der Waals surface area contributed by atoms with E-state index in [9.17, 15) is 0 Å². The molecule has 0 amide bonds.